The lowest BCUT2D eigenvalue weighted by Crippen LogP contribution is -2.11. The maximum Gasteiger partial charge on any atom is 0.310 e. The highest BCUT2D eigenvalue weighted by atomic mass is 16.6. The Bertz CT molecular complexity index is 871. The van der Waals surface area contributed by atoms with Crippen LogP contribution in [0, 0.1) is 10.1 Å². The van der Waals surface area contributed by atoms with E-state index < -0.39 is 10.9 Å². The summed E-state index contributed by atoms with van der Waals surface area (Å²) in [7, 11) is 0. The molecular weight excluding hydrogens is 326 g/mol. The highest BCUT2D eigenvalue weighted by Gasteiger charge is 2.33. The van der Waals surface area contributed by atoms with Crippen molar-refractivity contribution in [2.75, 3.05) is 13.2 Å². The molecule has 0 amide bonds. The van der Waals surface area contributed by atoms with Gasteiger partial charge in [-0.05, 0) is 17.2 Å². The number of ether oxygens (including phenoxy) is 1. The van der Waals surface area contributed by atoms with Crippen molar-refractivity contribution in [3.8, 4) is 22.3 Å². The molecule has 0 saturated carbocycles. The number of aliphatic hydroxyl groups is 1. The first-order valence-electron chi connectivity index (χ1n) is 7.60. The Morgan fingerprint density at radius 3 is 2.64 bits per heavy atom. The van der Waals surface area contributed by atoms with Crippen LogP contribution >= 0.6 is 0 Å². The van der Waals surface area contributed by atoms with Crippen LogP contribution in [0.4, 0.5) is 5.69 Å². The van der Waals surface area contributed by atoms with Gasteiger partial charge in [-0.3, -0.25) is 14.9 Å². The number of nitro groups is 1. The summed E-state index contributed by atoms with van der Waals surface area (Å²) in [5.74, 6) is -0.635. The van der Waals surface area contributed by atoms with Gasteiger partial charge < -0.3 is 14.3 Å². The van der Waals surface area contributed by atoms with Gasteiger partial charge in [0.2, 0.25) is 0 Å². The van der Waals surface area contributed by atoms with Gasteiger partial charge in [0.05, 0.1) is 36.0 Å². The van der Waals surface area contributed by atoms with E-state index in [1.807, 2.05) is 6.07 Å². The number of nitrogens with zero attached hydrogens (tertiary/aromatic N) is 1. The predicted molar refractivity (Wildman–Crippen MR) is 89.2 cm³/mol. The lowest BCUT2D eigenvalue weighted by molar-refractivity contribution is -0.384. The summed E-state index contributed by atoms with van der Waals surface area (Å²) in [6, 6.07) is 10.5. The Morgan fingerprint density at radius 2 is 1.96 bits per heavy atom. The summed E-state index contributed by atoms with van der Waals surface area (Å²) in [5, 5.41) is 20.5. The van der Waals surface area contributed by atoms with Gasteiger partial charge in [0, 0.05) is 11.1 Å². The van der Waals surface area contributed by atoms with E-state index >= 15 is 0 Å². The zero-order chi connectivity index (χ0) is 17.8. The third-order valence-corrected chi connectivity index (χ3v) is 3.83. The molecule has 1 N–H and O–H groups in total. The van der Waals surface area contributed by atoms with Crippen molar-refractivity contribution in [3.63, 3.8) is 0 Å². The number of rotatable bonds is 6. The van der Waals surface area contributed by atoms with Crippen LogP contribution in [0.5, 0.6) is 0 Å². The molecule has 0 radical (unpaired) electrons. The van der Waals surface area contributed by atoms with Crippen LogP contribution in [-0.4, -0.2) is 29.2 Å². The number of carbonyl (C=O) groups is 1. The first kappa shape index (κ1) is 16.7. The number of fused-ring (bicyclic) bond motifs is 1. The maximum atomic E-state index is 12.0. The molecule has 2 aliphatic rings. The van der Waals surface area contributed by atoms with Crippen molar-refractivity contribution in [1.82, 2.24) is 0 Å². The lowest BCUT2D eigenvalue weighted by Gasteiger charge is -2.03. The molecule has 0 saturated heterocycles. The lowest BCUT2D eigenvalue weighted by atomic mass is 10.0. The third-order valence-electron chi connectivity index (χ3n) is 3.83. The Hall–Kier alpha value is -3.19. The average Bonchev–Trinajstić information content (AvgIpc) is 2.95. The van der Waals surface area contributed by atoms with Gasteiger partial charge in [-0.2, -0.15) is 0 Å². The second-order valence-electron chi connectivity index (χ2n) is 5.33. The molecule has 0 spiro atoms. The molecule has 3 rings (SSSR count). The number of hydrogen-bond acceptors (Lipinski definition) is 6. The van der Waals surface area contributed by atoms with Crippen molar-refractivity contribution >= 4 is 11.7 Å². The Morgan fingerprint density at radius 1 is 1.20 bits per heavy atom. The summed E-state index contributed by atoms with van der Waals surface area (Å²) in [4.78, 5) is 23.2. The van der Waals surface area contributed by atoms with E-state index in [2.05, 4.69) is 0 Å². The van der Waals surface area contributed by atoms with Gasteiger partial charge in [-0.15, -0.1) is 0 Å². The standard InChI is InChI=1S/C18H15NO6/c20-7-9-25-16(21)10-14-13-6-8-24-11-15(13)17(18(14)19(22)23)12-4-2-1-3-5-12/h1-6,8,11,20H,7,9-10H2. The van der Waals surface area contributed by atoms with Crippen LogP contribution in [0.2, 0.25) is 0 Å². The molecule has 1 heterocycles. The van der Waals surface area contributed by atoms with E-state index in [-0.39, 0.29) is 30.9 Å². The van der Waals surface area contributed by atoms with Crippen LogP contribution in [0.1, 0.15) is 5.56 Å². The summed E-state index contributed by atoms with van der Waals surface area (Å²) in [6.45, 7) is -0.449. The summed E-state index contributed by atoms with van der Waals surface area (Å²) in [5.41, 5.74) is 2.34. The zero-order valence-corrected chi connectivity index (χ0v) is 13.2. The SMILES string of the molecule is O=C(Cc1c2ccocc-2c(-c2ccccc2)c1[N+](=O)[O-])OCCO. The summed E-state index contributed by atoms with van der Waals surface area (Å²) < 4.78 is 10.1. The molecule has 0 unspecified atom stereocenters. The summed E-state index contributed by atoms with van der Waals surface area (Å²) in [6.07, 6.45) is 2.58. The predicted octanol–water partition coefficient (Wildman–Crippen LogP) is 3.04. The number of carbonyl (C=O) groups excluding carboxylic acids is 1. The fraction of sp³-hybridized carbons (Fsp3) is 0.167. The van der Waals surface area contributed by atoms with Gasteiger partial charge in [0.15, 0.2) is 0 Å². The van der Waals surface area contributed by atoms with Crippen LogP contribution in [0.15, 0.2) is 53.3 Å². The van der Waals surface area contributed by atoms with Gasteiger partial charge in [-0.25, -0.2) is 0 Å². The first-order chi connectivity index (χ1) is 12.1. The highest BCUT2D eigenvalue weighted by Crippen LogP contribution is 2.47. The highest BCUT2D eigenvalue weighted by molar-refractivity contribution is 5.98. The van der Waals surface area contributed by atoms with Crippen LogP contribution < -0.4 is 0 Å². The molecule has 7 heteroatoms. The first-order valence-corrected chi connectivity index (χ1v) is 7.60. The molecule has 1 aliphatic heterocycles. The second kappa shape index (κ2) is 7.14. The van der Waals surface area contributed by atoms with E-state index in [4.69, 9.17) is 14.3 Å². The van der Waals surface area contributed by atoms with Gasteiger partial charge in [0.1, 0.15) is 6.61 Å². The molecule has 0 bridgehead atoms. The number of aliphatic hydroxyl groups excluding tert-OH is 1. The van der Waals surface area contributed by atoms with Crippen molar-refractivity contribution in [2.45, 2.75) is 6.42 Å². The van der Waals surface area contributed by atoms with E-state index in [1.165, 1.54) is 12.5 Å². The Kier molecular flexibility index (Phi) is 4.76. The Balaban J connectivity index is 2.18. The van der Waals surface area contributed by atoms with Gasteiger partial charge in [-0.1, -0.05) is 30.3 Å². The van der Waals surface area contributed by atoms with Crippen LogP contribution in [-0.2, 0) is 16.0 Å². The van der Waals surface area contributed by atoms with E-state index in [0.29, 0.717) is 22.3 Å². The van der Waals surface area contributed by atoms with E-state index in [1.54, 1.807) is 30.3 Å². The monoisotopic (exact) mass is 341 g/mol. The Labute approximate surface area is 143 Å². The number of benzene rings is 1. The van der Waals surface area contributed by atoms with Crippen molar-refractivity contribution in [1.29, 1.82) is 0 Å². The normalized spacial score (nSPS) is 10.8. The fourth-order valence-corrected chi connectivity index (χ4v) is 2.86. The molecule has 1 aliphatic carbocycles. The van der Waals surface area contributed by atoms with Crippen molar-refractivity contribution < 1.29 is 24.0 Å². The molecule has 7 nitrogen and oxygen atoms in total. The molecular formula is C18H15NO6. The fourth-order valence-electron chi connectivity index (χ4n) is 2.86. The summed E-state index contributed by atoms with van der Waals surface area (Å²) >= 11 is 0. The maximum absolute atomic E-state index is 12.0. The minimum atomic E-state index is -0.635. The average molecular weight is 341 g/mol. The topological polar surface area (TPSA) is 103 Å². The van der Waals surface area contributed by atoms with Crippen LogP contribution in [0.25, 0.3) is 22.3 Å². The number of hydrogen-bond donors (Lipinski definition) is 1. The molecule has 128 valence electrons. The quantitative estimate of drug-likeness (QED) is 0.420. The van der Waals surface area contributed by atoms with E-state index in [0.717, 1.165) is 0 Å². The second-order valence-corrected chi connectivity index (χ2v) is 5.33. The minimum absolute atomic E-state index is 0.136. The largest absolute Gasteiger partial charge is 0.472 e. The third kappa shape index (κ3) is 3.22. The molecule has 0 atom stereocenters. The van der Waals surface area contributed by atoms with Crippen molar-refractivity contribution in [2.24, 2.45) is 0 Å². The molecule has 0 aromatic heterocycles. The van der Waals surface area contributed by atoms with Gasteiger partial charge >= 0.3 is 5.97 Å². The number of esters is 1. The van der Waals surface area contributed by atoms with Crippen molar-refractivity contribution in [3.05, 3.63) is 64.6 Å². The minimum Gasteiger partial charge on any atom is -0.472 e. The molecule has 1 aromatic rings. The molecule has 0 fully saturated rings. The van der Waals surface area contributed by atoms with Crippen LogP contribution in [0.3, 0.4) is 0 Å². The molecule has 25 heavy (non-hydrogen) atoms. The van der Waals surface area contributed by atoms with E-state index in [9.17, 15) is 14.9 Å². The molecule has 1 aromatic carbocycles. The zero-order valence-electron chi connectivity index (χ0n) is 13.2. The smallest absolute Gasteiger partial charge is 0.310 e. The van der Waals surface area contributed by atoms with Gasteiger partial charge in [0.25, 0.3) is 5.69 Å².